The molecule has 2 nitrogen and oxygen atoms in total. The van der Waals surface area contributed by atoms with E-state index in [0.29, 0.717) is 5.75 Å². The fourth-order valence-corrected chi connectivity index (χ4v) is 5.33. The second-order valence-corrected chi connectivity index (χ2v) is 11.6. The second-order valence-electron chi connectivity index (χ2n) is 10.6. The van der Waals surface area contributed by atoms with E-state index < -0.39 is 11.1 Å². The van der Waals surface area contributed by atoms with Crippen molar-refractivity contribution in [2.75, 3.05) is 5.75 Å². The minimum atomic E-state index is -1.84. The van der Waals surface area contributed by atoms with E-state index in [4.69, 9.17) is 0 Å². The predicted molar refractivity (Wildman–Crippen MR) is 149 cm³/mol. The topological polar surface area (TPSA) is 40.1 Å². The van der Waals surface area contributed by atoms with Gasteiger partial charge in [-0.15, -0.1) is 0 Å². The van der Waals surface area contributed by atoms with Crippen LogP contribution in [0.15, 0.2) is 0 Å². The van der Waals surface area contributed by atoms with Crippen LogP contribution in [-0.2, 0) is 11.1 Å². The van der Waals surface area contributed by atoms with E-state index in [2.05, 4.69) is 6.92 Å². The molecule has 0 amide bonds. The molecule has 0 spiro atoms. The van der Waals surface area contributed by atoms with E-state index in [1.807, 2.05) is 0 Å². The molecule has 200 valence electrons. The number of unbranched alkanes of at least 4 members (excludes halogenated alkanes) is 27. The molecule has 3 heteroatoms. The Balaban J connectivity index is 3.01. The number of rotatable bonds is 29. The van der Waals surface area contributed by atoms with E-state index in [9.17, 15) is 8.76 Å². The van der Waals surface area contributed by atoms with Crippen molar-refractivity contribution in [3.8, 4) is 0 Å². The first-order valence-electron chi connectivity index (χ1n) is 15.3. The highest BCUT2D eigenvalue weighted by Gasteiger charge is 1.96. The number of hydrogen-bond donors (Lipinski definition) is 0. The summed E-state index contributed by atoms with van der Waals surface area (Å²) in [6.45, 7) is 2.30. The third kappa shape index (κ3) is 32.1. The van der Waals surface area contributed by atoms with Crippen LogP contribution in [0.25, 0.3) is 0 Å². The Morgan fingerprint density at radius 1 is 0.364 bits per heavy atom. The molecule has 0 saturated heterocycles. The molecule has 0 aromatic rings. The monoisotopic (exact) mass is 485 g/mol. The van der Waals surface area contributed by atoms with Crippen molar-refractivity contribution >= 4 is 11.1 Å². The molecule has 33 heavy (non-hydrogen) atoms. The summed E-state index contributed by atoms with van der Waals surface area (Å²) in [5.41, 5.74) is 0. The molecule has 0 saturated carbocycles. The van der Waals surface area contributed by atoms with Gasteiger partial charge in [0, 0.05) is 5.75 Å². The van der Waals surface area contributed by atoms with Crippen molar-refractivity contribution in [1.82, 2.24) is 0 Å². The zero-order valence-corrected chi connectivity index (χ0v) is 23.5. The van der Waals surface area contributed by atoms with Gasteiger partial charge in [0.25, 0.3) is 0 Å². The van der Waals surface area contributed by atoms with Gasteiger partial charge in [-0.05, 0) is 6.42 Å². The lowest BCUT2D eigenvalue weighted by atomic mass is 10.0. The molecule has 0 bridgehead atoms. The third-order valence-corrected chi connectivity index (χ3v) is 7.79. The average Bonchev–Trinajstić information content (AvgIpc) is 2.80. The van der Waals surface area contributed by atoms with Gasteiger partial charge in [-0.25, -0.2) is 0 Å². The SMILES string of the molecule is CCCCCCCCCCCCCCCCCCCCCCCCCCCCCCS(=O)[O-]. The summed E-state index contributed by atoms with van der Waals surface area (Å²) >= 11 is -1.84. The van der Waals surface area contributed by atoms with Crippen molar-refractivity contribution < 1.29 is 8.76 Å². The Labute approximate surface area is 212 Å². The lowest BCUT2D eigenvalue weighted by Crippen LogP contribution is -1.94. The average molecular weight is 486 g/mol. The standard InChI is InChI=1S/C30H62O2S/c1-2-3-4-5-6-7-8-9-10-11-12-13-14-15-16-17-18-19-20-21-22-23-24-25-26-27-28-29-30-33(31)32/h2-30H2,1H3,(H,31,32)/p-1. The molecule has 0 rings (SSSR count). The fourth-order valence-electron chi connectivity index (χ4n) is 4.89. The van der Waals surface area contributed by atoms with Crippen LogP contribution >= 0.6 is 0 Å². The molecule has 0 radical (unpaired) electrons. The first-order valence-corrected chi connectivity index (χ1v) is 16.6. The maximum Gasteiger partial charge on any atom is 0.0102 e. The van der Waals surface area contributed by atoms with Crippen LogP contribution in [-0.4, -0.2) is 14.5 Å². The fraction of sp³-hybridized carbons (Fsp3) is 1.00. The van der Waals surface area contributed by atoms with Crippen LogP contribution in [0.5, 0.6) is 0 Å². The smallest absolute Gasteiger partial charge is 0.0102 e. The van der Waals surface area contributed by atoms with Gasteiger partial charge in [0.1, 0.15) is 0 Å². The van der Waals surface area contributed by atoms with E-state index >= 15 is 0 Å². The lowest BCUT2D eigenvalue weighted by Gasteiger charge is -2.05. The van der Waals surface area contributed by atoms with Crippen molar-refractivity contribution in [2.45, 2.75) is 187 Å². The normalized spacial score (nSPS) is 12.4. The van der Waals surface area contributed by atoms with Crippen molar-refractivity contribution in [3.63, 3.8) is 0 Å². The Morgan fingerprint density at radius 3 is 0.727 bits per heavy atom. The van der Waals surface area contributed by atoms with Gasteiger partial charge in [0.2, 0.25) is 0 Å². The predicted octanol–water partition coefficient (Wildman–Crippen LogP) is 10.8. The molecular formula is C30H61O2S-. The molecule has 0 aromatic carbocycles. The highest BCUT2D eigenvalue weighted by atomic mass is 32.2. The van der Waals surface area contributed by atoms with Crippen LogP contribution in [0.2, 0.25) is 0 Å². The summed E-state index contributed by atoms with van der Waals surface area (Å²) in [4.78, 5) is 0. The van der Waals surface area contributed by atoms with E-state index in [0.717, 1.165) is 12.8 Å². The molecule has 0 aromatic heterocycles. The molecule has 0 fully saturated rings. The second kappa shape index (κ2) is 30.1. The minimum absolute atomic E-state index is 0.347. The summed E-state index contributed by atoms with van der Waals surface area (Å²) in [6.07, 6.45) is 39.0. The van der Waals surface area contributed by atoms with Gasteiger partial charge in [-0.2, -0.15) is 0 Å². The molecule has 0 aliphatic heterocycles. The maximum absolute atomic E-state index is 10.4. The Hall–Kier alpha value is 0.110. The molecule has 0 heterocycles. The minimum Gasteiger partial charge on any atom is -0.772 e. The zero-order chi connectivity index (χ0) is 24.1. The molecule has 1 unspecified atom stereocenters. The molecule has 1 atom stereocenters. The van der Waals surface area contributed by atoms with Gasteiger partial charge in [0.05, 0.1) is 0 Å². The first kappa shape index (κ1) is 33.1. The summed E-state index contributed by atoms with van der Waals surface area (Å²) in [6, 6.07) is 0. The quantitative estimate of drug-likeness (QED) is 0.0780. The Kier molecular flexibility index (Phi) is 30.2. The molecule has 0 N–H and O–H groups in total. The van der Waals surface area contributed by atoms with Crippen molar-refractivity contribution in [2.24, 2.45) is 0 Å². The van der Waals surface area contributed by atoms with Crippen LogP contribution in [0.4, 0.5) is 0 Å². The van der Waals surface area contributed by atoms with E-state index in [-0.39, 0.29) is 0 Å². The maximum atomic E-state index is 10.4. The van der Waals surface area contributed by atoms with Crippen LogP contribution in [0.1, 0.15) is 187 Å². The van der Waals surface area contributed by atoms with E-state index in [1.54, 1.807) is 0 Å². The molecule has 0 aliphatic rings. The highest BCUT2D eigenvalue weighted by Crippen LogP contribution is 2.16. The van der Waals surface area contributed by atoms with Gasteiger partial charge >= 0.3 is 0 Å². The highest BCUT2D eigenvalue weighted by molar-refractivity contribution is 7.79. The lowest BCUT2D eigenvalue weighted by molar-refractivity contribution is 0.513. The van der Waals surface area contributed by atoms with Crippen molar-refractivity contribution in [1.29, 1.82) is 0 Å². The van der Waals surface area contributed by atoms with Gasteiger partial charge < -0.3 is 4.55 Å². The summed E-state index contributed by atoms with van der Waals surface area (Å²) in [5.74, 6) is 0.347. The summed E-state index contributed by atoms with van der Waals surface area (Å²) in [7, 11) is 0. The third-order valence-electron chi connectivity index (χ3n) is 7.16. The molecular weight excluding hydrogens is 424 g/mol. The first-order chi connectivity index (χ1) is 16.3. The Bertz CT molecular complexity index is 372. The van der Waals surface area contributed by atoms with Crippen LogP contribution in [0.3, 0.4) is 0 Å². The molecule has 0 aliphatic carbocycles. The van der Waals surface area contributed by atoms with Gasteiger partial charge in [-0.1, -0.05) is 191 Å². The zero-order valence-electron chi connectivity index (χ0n) is 22.7. The summed E-state index contributed by atoms with van der Waals surface area (Å²) in [5, 5.41) is 0. The van der Waals surface area contributed by atoms with Gasteiger partial charge in [-0.3, -0.25) is 4.21 Å². The summed E-state index contributed by atoms with van der Waals surface area (Å²) < 4.78 is 20.9. The van der Waals surface area contributed by atoms with Crippen LogP contribution in [0, 0.1) is 0 Å². The number of hydrogen-bond acceptors (Lipinski definition) is 2. The van der Waals surface area contributed by atoms with Crippen LogP contribution < -0.4 is 0 Å². The Morgan fingerprint density at radius 2 is 0.545 bits per heavy atom. The van der Waals surface area contributed by atoms with E-state index in [1.165, 1.54) is 167 Å². The largest absolute Gasteiger partial charge is 0.772 e. The van der Waals surface area contributed by atoms with Crippen molar-refractivity contribution in [3.05, 3.63) is 0 Å². The van der Waals surface area contributed by atoms with Gasteiger partial charge in [0.15, 0.2) is 0 Å².